The Morgan fingerprint density at radius 3 is 2.63 bits per heavy atom. The summed E-state index contributed by atoms with van der Waals surface area (Å²) in [6, 6.07) is 7.81. The van der Waals surface area contributed by atoms with Crippen LogP contribution in [-0.4, -0.2) is 63.0 Å². The Kier molecular flexibility index (Phi) is 9.27. The van der Waals surface area contributed by atoms with Gasteiger partial charge in [0.25, 0.3) is 5.85 Å². The van der Waals surface area contributed by atoms with E-state index in [4.69, 9.17) is 24.3 Å². The highest BCUT2D eigenvalue weighted by atomic mass is 31.2. The Bertz CT molecular complexity index is 1350. The molecule has 2 aliphatic rings. The van der Waals surface area contributed by atoms with E-state index in [1.54, 1.807) is 18.2 Å². The largest absolute Gasteiger partial charge is 0.461 e. The first kappa shape index (κ1) is 30.8. The number of rotatable bonds is 10. The molecule has 15 heteroatoms. The fourth-order valence-corrected chi connectivity index (χ4v) is 5.85. The number of carbonyl (C=O) groups excluding carboxylic acids is 1. The van der Waals surface area contributed by atoms with Gasteiger partial charge in [-0.25, -0.2) is 22.9 Å². The molecule has 1 aromatic carbocycles. The molecule has 1 saturated heterocycles. The second-order valence-corrected chi connectivity index (χ2v) is 12.0. The standard InChI is InChI=1S/C26H33F2N4O8P/c1-17(21(33)38-18-9-5-3-6-10-18)30-16-41(36,40-19-11-7-4-8-12-19)37-15-26(28)22(34)25(2,27)23(39-26)32-14-13-20(29)31-24(32)35/h4,7-8,11-14,16-18,22-23,34H,3,5-6,9-10,15H2,1-2H3,(H2,29,31,35)/b30-16+/t17-,22-,23+,25+,26+,41?/m0/s1. The number of nitrogens with zero attached hydrogens (tertiary/aromatic N) is 3. The zero-order chi connectivity index (χ0) is 29.8. The number of ether oxygens (including phenoxy) is 2. The summed E-state index contributed by atoms with van der Waals surface area (Å²) in [5.74, 6) is -3.29. The second-order valence-electron chi connectivity index (χ2n) is 10.2. The molecular weight excluding hydrogens is 565 g/mol. The van der Waals surface area contributed by atoms with E-state index in [2.05, 4.69) is 9.98 Å². The number of benzene rings is 1. The van der Waals surface area contributed by atoms with Crippen LogP contribution in [-0.2, 0) is 23.4 Å². The number of aliphatic hydroxyl groups excluding tert-OH is 1. The molecule has 1 unspecified atom stereocenters. The third kappa shape index (κ3) is 7.18. The van der Waals surface area contributed by atoms with Crippen LogP contribution in [0.5, 0.6) is 5.75 Å². The van der Waals surface area contributed by atoms with E-state index in [1.165, 1.54) is 25.1 Å². The number of nitrogen functional groups attached to an aromatic ring is 1. The number of para-hydroxylation sites is 1. The van der Waals surface area contributed by atoms with E-state index in [0.29, 0.717) is 4.57 Å². The van der Waals surface area contributed by atoms with E-state index >= 15 is 8.78 Å². The van der Waals surface area contributed by atoms with Crippen LogP contribution in [0.25, 0.3) is 0 Å². The van der Waals surface area contributed by atoms with Gasteiger partial charge in [0.1, 0.15) is 36.3 Å². The molecule has 41 heavy (non-hydrogen) atoms. The molecule has 1 aliphatic carbocycles. The summed E-state index contributed by atoms with van der Waals surface area (Å²) < 4.78 is 67.2. The number of aliphatic imine (C=N–C) groups is 1. The maximum atomic E-state index is 15.9. The number of hydrogen-bond acceptors (Lipinski definition) is 11. The van der Waals surface area contributed by atoms with Gasteiger partial charge >= 0.3 is 19.3 Å². The van der Waals surface area contributed by atoms with Gasteiger partial charge in [-0.15, -0.1) is 0 Å². The summed E-state index contributed by atoms with van der Waals surface area (Å²) in [5, 5.41) is 10.5. The van der Waals surface area contributed by atoms with Gasteiger partial charge in [-0.1, -0.05) is 24.6 Å². The van der Waals surface area contributed by atoms with Crippen LogP contribution >= 0.6 is 7.60 Å². The second kappa shape index (κ2) is 12.4. The molecule has 6 atom stereocenters. The Labute approximate surface area is 235 Å². The lowest BCUT2D eigenvalue weighted by atomic mass is 9.97. The Morgan fingerprint density at radius 2 is 1.98 bits per heavy atom. The number of halogens is 2. The maximum absolute atomic E-state index is 15.9. The predicted molar refractivity (Wildman–Crippen MR) is 144 cm³/mol. The van der Waals surface area contributed by atoms with Crippen molar-refractivity contribution in [1.29, 1.82) is 0 Å². The summed E-state index contributed by atoms with van der Waals surface area (Å²) in [7, 11) is -4.50. The van der Waals surface area contributed by atoms with Crippen LogP contribution in [0.15, 0.2) is 52.4 Å². The molecule has 4 rings (SSSR count). The summed E-state index contributed by atoms with van der Waals surface area (Å²) >= 11 is 0. The smallest absolute Gasteiger partial charge is 0.421 e. The van der Waals surface area contributed by atoms with Crippen molar-refractivity contribution in [2.45, 2.75) is 82.0 Å². The van der Waals surface area contributed by atoms with Crippen LogP contribution in [0.4, 0.5) is 14.6 Å². The Hall–Kier alpha value is -3.19. The lowest BCUT2D eigenvalue weighted by molar-refractivity contribution is -0.203. The van der Waals surface area contributed by atoms with Gasteiger partial charge < -0.3 is 24.8 Å². The van der Waals surface area contributed by atoms with Crippen molar-refractivity contribution < 1.29 is 41.8 Å². The molecule has 0 radical (unpaired) electrons. The highest BCUT2D eigenvalue weighted by Gasteiger charge is 2.65. The van der Waals surface area contributed by atoms with Crippen molar-refractivity contribution in [3.63, 3.8) is 0 Å². The minimum absolute atomic E-state index is 0.0632. The minimum Gasteiger partial charge on any atom is -0.461 e. The Balaban J connectivity index is 1.52. The summed E-state index contributed by atoms with van der Waals surface area (Å²) in [6.45, 7) is 0.957. The molecule has 0 amide bonds. The molecule has 1 aliphatic heterocycles. The zero-order valence-electron chi connectivity index (χ0n) is 22.6. The molecule has 3 N–H and O–H groups in total. The van der Waals surface area contributed by atoms with Gasteiger partial charge in [0.15, 0.2) is 18.0 Å². The number of nitrogens with two attached hydrogens (primary N) is 1. The first-order valence-electron chi connectivity index (χ1n) is 13.1. The highest BCUT2D eigenvalue weighted by molar-refractivity contribution is 7.70. The van der Waals surface area contributed by atoms with Gasteiger partial charge in [0.2, 0.25) is 0 Å². The van der Waals surface area contributed by atoms with Gasteiger partial charge in [-0.05, 0) is 57.7 Å². The van der Waals surface area contributed by atoms with E-state index in [0.717, 1.165) is 51.2 Å². The lowest BCUT2D eigenvalue weighted by Gasteiger charge is -2.26. The van der Waals surface area contributed by atoms with Crippen molar-refractivity contribution in [3.8, 4) is 5.75 Å². The molecule has 0 spiro atoms. The van der Waals surface area contributed by atoms with Gasteiger partial charge in [0, 0.05) is 6.20 Å². The summed E-state index contributed by atoms with van der Waals surface area (Å²) in [5.41, 5.74) is 1.56. The van der Waals surface area contributed by atoms with Crippen molar-refractivity contribution in [3.05, 3.63) is 53.1 Å². The molecule has 2 aromatic rings. The Morgan fingerprint density at radius 1 is 1.29 bits per heavy atom. The van der Waals surface area contributed by atoms with Crippen molar-refractivity contribution in [2.75, 3.05) is 12.3 Å². The summed E-state index contributed by atoms with van der Waals surface area (Å²) in [4.78, 5) is 32.2. The van der Waals surface area contributed by atoms with Gasteiger partial charge in [-0.2, -0.15) is 4.98 Å². The SMILES string of the molecule is C[C@H](/N=C/P(=O)(OC[C@@]1(F)O[C@@H](n2ccc(N)nc2=O)[C@](C)(F)[C@@H]1O)Oc1ccccc1)C(=O)OC1CCCCC1. The normalized spacial score (nSPS) is 29.2. The fourth-order valence-electron chi connectivity index (χ4n) is 4.55. The topological polar surface area (TPSA) is 165 Å². The molecule has 1 aromatic heterocycles. The predicted octanol–water partition coefficient (Wildman–Crippen LogP) is 3.69. The number of anilines is 1. The van der Waals surface area contributed by atoms with Crippen molar-refractivity contribution in [1.82, 2.24) is 9.55 Å². The zero-order valence-corrected chi connectivity index (χ0v) is 23.5. The molecular formula is C26H33F2N4O8P. The maximum Gasteiger partial charge on any atom is 0.421 e. The van der Waals surface area contributed by atoms with E-state index < -0.39 is 55.8 Å². The molecule has 2 heterocycles. The monoisotopic (exact) mass is 598 g/mol. The van der Waals surface area contributed by atoms with Crippen LogP contribution in [0.3, 0.4) is 0 Å². The first-order chi connectivity index (χ1) is 19.3. The van der Waals surface area contributed by atoms with Gasteiger partial charge in [0.05, 0.1) is 0 Å². The van der Waals surface area contributed by atoms with E-state index in [-0.39, 0.29) is 17.7 Å². The average molecular weight is 599 g/mol. The number of aromatic nitrogens is 2. The fraction of sp³-hybridized carbons (Fsp3) is 0.538. The third-order valence-corrected chi connectivity index (χ3v) is 8.23. The van der Waals surface area contributed by atoms with E-state index in [1.807, 2.05) is 0 Å². The number of hydrogen-bond donors (Lipinski definition) is 2. The molecule has 224 valence electrons. The van der Waals surface area contributed by atoms with Crippen LogP contribution in [0, 0.1) is 0 Å². The molecule has 2 fully saturated rings. The third-order valence-electron chi connectivity index (χ3n) is 6.86. The molecule has 12 nitrogen and oxygen atoms in total. The average Bonchev–Trinajstić information content (AvgIpc) is 3.12. The highest BCUT2D eigenvalue weighted by Crippen LogP contribution is 2.51. The van der Waals surface area contributed by atoms with Gasteiger partial charge in [-0.3, -0.25) is 14.1 Å². The lowest BCUT2D eigenvalue weighted by Crippen LogP contribution is -2.47. The van der Waals surface area contributed by atoms with Crippen LogP contribution in [0.2, 0.25) is 0 Å². The first-order valence-corrected chi connectivity index (χ1v) is 14.8. The number of aliphatic hydroxyl groups is 1. The van der Waals surface area contributed by atoms with Crippen molar-refractivity contribution in [2.24, 2.45) is 4.99 Å². The molecule has 1 saturated carbocycles. The quantitative estimate of drug-likeness (QED) is 0.234. The summed E-state index contributed by atoms with van der Waals surface area (Å²) in [6.07, 6.45) is 0.816. The molecule has 0 bridgehead atoms. The van der Waals surface area contributed by atoms with Crippen molar-refractivity contribution >= 4 is 25.3 Å². The van der Waals surface area contributed by atoms with E-state index in [9.17, 15) is 19.3 Å². The van der Waals surface area contributed by atoms with Crippen LogP contribution < -0.4 is 15.9 Å². The number of carbonyl (C=O) groups is 1. The number of esters is 1. The van der Waals surface area contributed by atoms with Crippen LogP contribution in [0.1, 0.15) is 52.2 Å². The minimum atomic E-state index is -4.50. The number of alkyl halides is 2.